The second kappa shape index (κ2) is 11.9. The van der Waals surface area contributed by atoms with Gasteiger partial charge in [0, 0.05) is 13.2 Å². The highest BCUT2D eigenvalue weighted by Gasteiger charge is 2.15. The summed E-state index contributed by atoms with van der Waals surface area (Å²) in [5, 5.41) is 2.74. The molecule has 0 aromatic heterocycles. The predicted octanol–water partition coefficient (Wildman–Crippen LogP) is 5.12. The Morgan fingerprint density at radius 2 is 1.93 bits per heavy atom. The monoisotopic (exact) mass is 391 g/mol. The van der Waals surface area contributed by atoms with Gasteiger partial charge in [0.15, 0.2) is 0 Å². The van der Waals surface area contributed by atoms with Crippen molar-refractivity contribution in [2.75, 3.05) is 26.4 Å². The van der Waals surface area contributed by atoms with Crippen LogP contribution in [-0.4, -0.2) is 38.1 Å². The number of amides is 1. The molecule has 1 saturated carbocycles. The second-order valence-corrected chi connectivity index (χ2v) is 8.61. The maximum Gasteiger partial charge on any atom is 0.407 e. The maximum absolute atomic E-state index is 11.5. The normalized spacial score (nSPS) is 15.2. The second-order valence-electron chi connectivity index (χ2n) is 8.61. The molecule has 1 aliphatic rings. The largest absolute Gasteiger partial charge is 0.493 e. The minimum atomic E-state index is -0.463. The van der Waals surface area contributed by atoms with Crippen LogP contribution in [-0.2, 0) is 15.9 Å². The van der Waals surface area contributed by atoms with Gasteiger partial charge in [0.25, 0.3) is 0 Å². The molecule has 0 unspecified atom stereocenters. The number of alkyl carbamates (subject to hydrolysis) is 1. The highest BCUT2D eigenvalue weighted by Crippen LogP contribution is 2.25. The molecule has 1 amide bonds. The minimum absolute atomic E-state index is 0.377. The number of ether oxygens (including phenoxy) is 3. The lowest BCUT2D eigenvalue weighted by Gasteiger charge is -2.21. The Morgan fingerprint density at radius 1 is 1.14 bits per heavy atom. The zero-order chi connectivity index (χ0) is 20.2. The van der Waals surface area contributed by atoms with Crippen molar-refractivity contribution in [3.05, 3.63) is 29.8 Å². The van der Waals surface area contributed by atoms with Crippen LogP contribution < -0.4 is 10.1 Å². The first kappa shape index (κ1) is 22.5. The van der Waals surface area contributed by atoms with E-state index in [4.69, 9.17) is 14.2 Å². The van der Waals surface area contributed by atoms with Gasteiger partial charge in [-0.25, -0.2) is 4.79 Å². The molecule has 1 aromatic rings. The summed E-state index contributed by atoms with van der Waals surface area (Å²) in [5.74, 6) is 1.68. The van der Waals surface area contributed by atoms with Gasteiger partial charge in [-0.1, -0.05) is 31.4 Å². The van der Waals surface area contributed by atoms with E-state index in [0.717, 1.165) is 31.1 Å². The quantitative estimate of drug-likeness (QED) is 0.563. The fraction of sp³-hybridized carbons (Fsp3) is 0.696. The molecule has 28 heavy (non-hydrogen) atoms. The Labute approximate surface area is 170 Å². The van der Waals surface area contributed by atoms with Crippen molar-refractivity contribution in [3.8, 4) is 5.75 Å². The van der Waals surface area contributed by atoms with E-state index in [0.29, 0.717) is 19.8 Å². The molecule has 5 heteroatoms. The van der Waals surface area contributed by atoms with Crippen LogP contribution in [0.4, 0.5) is 4.79 Å². The molecule has 0 saturated heterocycles. The SMILES string of the molecule is CC(C)(C)OC(=O)NCCCOCCc1cccc(OCC2CCCCC2)c1. The van der Waals surface area contributed by atoms with Crippen molar-refractivity contribution >= 4 is 6.09 Å². The third-order valence-corrected chi connectivity index (χ3v) is 4.78. The fourth-order valence-corrected chi connectivity index (χ4v) is 3.33. The highest BCUT2D eigenvalue weighted by molar-refractivity contribution is 5.67. The van der Waals surface area contributed by atoms with Crippen molar-refractivity contribution in [1.29, 1.82) is 0 Å². The molecule has 0 bridgehead atoms. The van der Waals surface area contributed by atoms with Crippen molar-refractivity contribution < 1.29 is 19.0 Å². The van der Waals surface area contributed by atoms with E-state index in [1.165, 1.54) is 37.7 Å². The van der Waals surface area contributed by atoms with Crippen molar-refractivity contribution in [2.45, 2.75) is 71.3 Å². The van der Waals surface area contributed by atoms with Gasteiger partial charge in [-0.2, -0.15) is 0 Å². The number of benzene rings is 1. The lowest BCUT2D eigenvalue weighted by Crippen LogP contribution is -2.33. The van der Waals surface area contributed by atoms with Gasteiger partial charge in [0.1, 0.15) is 11.4 Å². The molecule has 1 aromatic carbocycles. The van der Waals surface area contributed by atoms with Crippen LogP contribution in [0.5, 0.6) is 5.75 Å². The first-order valence-corrected chi connectivity index (χ1v) is 10.7. The van der Waals surface area contributed by atoms with Crippen LogP contribution in [0.15, 0.2) is 24.3 Å². The third kappa shape index (κ3) is 9.98. The van der Waals surface area contributed by atoms with E-state index in [1.807, 2.05) is 26.8 Å². The molecule has 0 radical (unpaired) electrons. The summed E-state index contributed by atoms with van der Waals surface area (Å²) in [7, 11) is 0. The molecule has 158 valence electrons. The molecular weight excluding hydrogens is 354 g/mol. The third-order valence-electron chi connectivity index (χ3n) is 4.78. The Kier molecular flexibility index (Phi) is 9.62. The van der Waals surface area contributed by atoms with E-state index >= 15 is 0 Å². The maximum atomic E-state index is 11.5. The van der Waals surface area contributed by atoms with Gasteiger partial charge in [-0.15, -0.1) is 0 Å². The predicted molar refractivity (Wildman–Crippen MR) is 112 cm³/mol. The van der Waals surface area contributed by atoms with E-state index in [2.05, 4.69) is 23.5 Å². The van der Waals surface area contributed by atoms with Gasteiger partial charge in [-0.05, 0) is 70.1 Å². The summed E-state index contributed by atoms with van der Waals surface area (Å²) in [4.78, 5) is 11.5. The van der Waals surface area contributed by atoms with E-state index in [-0.39, 0.29) is 6.09 Å². The Bertz CT molecular complexity index is 576. The number of nitrogens with one attached hydrogen (secondary N) is 1. The average molecular weight is 392 g/mol. The van der Waals surface area contributed by atoms with Crippen LogP contribution in [0.25, 0.3) is 0 Å². The summed E-state index contributed by atoms with van der Waals surface area (Å²) >= 11 is 0. The molecule has 1 N–H and O–H groups in total. The zero-order valence-electron chi connectivity index (χ0n) is 17.8. The summed E-state index contributed by atoms with van der Waals surface area (Å²) in [6.07, 6.45) is 7.93. The first-order valence-electron chi connectivity index (χ1n) is 10.7. The molecule has 0 spiro atoms. The number of carbonyl (C=O) groups excluding carboxylic acids is 1. The summed E-state index contributed by atoms with van der Waals surface area (Å²) < 4.78 is 16.9. The minimum Gasteiger partial charge on any atom is -0.493 e. The van der Waals surface area contributed by atoms with Crippen molar-refractivity contribution in [2.24, 2.45) is 5.92 Å². The van der Waals surface area contributed by atoms with E-state index in [9.17, 15) is 4.79 Å². The van der Waals surface area contributed by atoms with Gasteiger partial charge in [0.05, 0.1) is 13.2 Å². The van der Waals surface area contributed by atoms with Crippen LogP contribution >= 0.6 is 0 Å². The van der Waals surface area contributed by atoms with Crippen LogP contribution in [0, 0.1) is 5.92 Å². The summed E-state index contributed by atoms with van der Waals surface area (Å²) in [5.41, 5.74) is 0.767. The number of carbonyl (C=O) groups is 1. The molecule has 1 fully saturated rings. The van der Waals surface area contributed by atoms with Crippen molar-refractivity contribution in [3.63, 3.8) is 0 Å². The van der Waals surface area contributed by atoms with E-state index < -0.39 is 5.60 Å². The Hall–Kier alpha value is -1.75. The van der Waals surface area contributed by atoms with Crippen LogP contribution in [0.3, 0.4) is 0 Å². The Balaban J connectivity index is 1.54. The highest BCUT2D eigenvalue weighted by atomic mass is 16.6. The van der Waals surface area contributed by atoms with Gasteiger partial charge in [0.2, 0.25) is 0 Å². The smallest absolute Gasteiger partial charge is 0.407 e. The average Bonchev–Trinajstić information content (AvgIpc) is 2.65. The molecular formula is C23H37NO4. The van der Waals surface area contributed by atoms with E-state index in [1.54, 1.807) is 0 Å². The fourth-order valence-electron chi connectivity index (χ4n) is 3.33. The van der Waals surface area contributed by atoms with Crippen molar-refractivity contribution in [1.82, 2.24) is 5.32 Å². The van der Waals surface area contributed by atoms with Gasteiger partial charge in [-0.3, -0.25) is 0 Å². The number of hydrogen-bond donors (Lipinski definition) is 1. The summed E-state index contributed by atoms with van der Waals surface area (Å²) in [6, 6.07) is 8.32. The zero-order valence-corrected chi connectivity index (χ0v) is 17.8. The standard InChI is InChI=1S/C23H37NO4/c1-23(2,3)28-22(25)24-14-8-15-26-16-13-19-11-7-12-21(17-19)27-18-20-9-5-4-6-10-20/h7,11-12,17,20H,4-6,8-10,13-16,18H2,1-3H3,(H,24,25). The lowest BCUT2D eigenvalue weighted by atomic mass is 9.90. The van der Waals surface area contributed by atoms with Crippen LogP contribution in [0.2, 0.25) is 0 Å². The lowest BCUT2D eigenvalue weighted by molar-refractivity contribution is 0.0520. The molecule has 5 nitrogen and oxygen atoms in total. The molecule has 1 aliphatic carbocycles. The molecule has 0 heterocycles. The molecule has 2 rings (SSSR count). The number of hydrogen-bond acceptors (Lipinski definition) is 4. The first-order chi connectivity index (χ1) is 13.4. The topological polar surface area (TPSA) is 56.8 Å². The van der Waals surface area contributed by atoms with Gasteiger partial charge < -0.3 is 19.5 Å². The summed E-state index contributed by atoms with van der Waals surface area (Å²) in [6.45, 7) is 8.24. The van der Waals surface area contributed by atoms with Crippen LogP contribution in [0.1, 0.15) is 64.9 Å². The van der Waals surface area contributed by atoms with Gasteiger partial charge >= 0.3 is 6.09 Å². The molecule has 0 aliphatic heterocycles. The number of rotatable bonds is 10. The molecule has 0 atom stereocenters. The Morgan fingerprint density at radius 3 is 2.68 bits per heavy atom.